The lowest BCUT2D eigenvalue weighted by Crippen LogP contribution is -2.16. The molecule has 4 aromatic rings. The number of nitrogens with zero attached hydrogens (tertiary/aromatic N) is 5. The highest BCUT2D eigenvalue weighted by Gasteiger charge is 2.37. The van der Waals surface area contributed by atoms with E-state index in [1.165, 1.54) is 24.8 Å². The maximum absolute atomic E-state index is 13.7. The van der Waals surface area contributed by atoms with Crippen molar-refractivity contribution in [1.29, 1.82) is 0 Å². The number of nitrogens with two attached hydrogens (primary N) is 1. The number of hydrogen-bond acceptors (Lipinski definition) is 5. The Hall–Kier alpha value is -3.57. The van der Waals surface area contributed by atoms with Gasteiger partial charge in [-0.05, 0) is 42.0 Å². The van der Waals surface area contributed by atoms with E-state index in [2.05, 4.69) is 31.8 Å². The Morgan fingerprint density at radius 3 is 2.28 bits per heavy atom. The van der Waals surface area contributed by atoms with E-state index >= 15 is 0 Å². The van der Waals surface area contributed by atoms with Gasteiger partial charge in [-0.25, -0.2) is 24.0 Å². The Balaban J connectivity index is 2.12. The van der Waals surface area contributed by atoms with Crippen LogP contribution in [0.3, 0.4) is 0 Å². The zero-order valence-electron chi connectivity index (χ0n) is 16.4. The largest absolute Gasteiger partial charge is 0.451 e. The second kappa shape index (κ2) is 7.84. The van der Waals surface area contributed by atoms with Gasteiger partial charge in [-0.15, -0.1) is 9.39 Å². The van der Waals surface area contributed by atoms with Gasteiger partial charge in [0.15, 0.2) is 5.82 Å². The van der Waals surface area contributed by atoms with E-state index < -0.39 is 27.2 Å². The highest BCUT2D eigenvalue weighted by Crippen LogP contribution is 2.39. The van der Waals surface area contributed by atoms with Crippen molar-refractivity contribution in [3.8, 4) is 28.2 Å². The smallest absolute Gasteiger partial charge is 0.285 e. The number of aromatic nitrogens is 5. The summed E-state index contributed by atoms with van der Waals surface area (Å²) in [6, 6.07) is 11.7. The average molecular weight is 460 g/mol. The fourth-order valence-corrected chi connectivity index (χ4v) is 3.76. The predicted molar refractivity (Wildman–Crippen MR) is 117 cm³/mol. The van der Waals surface area contributed by atoms with Crippen molar-refractivity contribution in [2.45, 2.75) is 11.1 Å². The Kier molecular flexibility index (Phi) is 5.31. The molecule has 0 aliphatic rings. The highest BCUT2D eigenvalue weighted by atomic mass is 32.2. The molecule has 0 atom stereocenters. The van der Waals surface area contributed by atoms with Crippen LogP contribution in [0.2, 0.25) is 0 Å². The van der Waals surface area contributed by atoms with E-state index in [9.17, 15) is 17.6 Å². The zero-order chi connectivity index (χ0) is 23.1. The molecular weight excluding hydrogens is 444 g/mol. The second-order valence-electron chi connectivity index (χ2n) is 6.91. The van der Waals surface area contributed by atoms with Gasteiger partial charge in [-0.2, -0.15) is 18.3 Å². The molecule has 164 valence electrons. The summed E-state index contributed by atoms with van der Waals surface area (Å²) in [5, 5.41) is 10.1. The van der Waals surface area contributed by atoms with Crippen molar-refractivity contribution < 1.29 is 17.6 Å². The van der Waals surface area contributed by atoms with Crippen molar-refractivity contribution in [2.24, 2.45) is 5.14 Å². The fourth-order valence-electron chi connectivity index (χ4n) is 3.05. The van der Waals surface area contributed by atoms with Gasteiger partial charge in [0.25, 0.3) is 0 Å². The van der Waals surface area contributed by atoms with Crippen molar-refractivity contribution >= 4 is 21.1 Å². The van der Waals surface area contributed by atoms with Crippen LogP contribution in [0.25, 0.3) is 28.2 Å². The van der Waals surface area contributed by atoms with Crippen LogP contribution < -0.4 is 5.14 Å². The van der Waals surface area contributed by atoms with Gasteiger partial charge in [-0.1, -0.05) is 23.9 Å². The summed E-state index contributed by atoms with van der Waals surface area (Å²) in [7, 11) is -2.12. The molecule has 0 aliphatic heterocycles. The molecule has 2 N–H and O–H groups in total. The van der Waals surface area contributed by atoms with Crippen LogP contribution in [0.4, 0.5) is 17.6 Å². The summed E-state index contributed by atoms with van der Waals surface area (Å²) in [4.78, 5) is 12.0. The lowest BCUT2D eigenvalue weighted by molar-refractivity contribution is -0.144. The second-order valence-corrected chi connectivity index (χ2v) is 9.27. The third-order valence-corrected chi connectivity index (χ3v) is 5.68. The maximum Gasteiger partial charge on any atom is 0.451 e. The monoisotopic (exact) mass is 460 g/mol. The van der Waals surface area contributed by atoms with Crippen LogP contribution in [-0.4, -0.2) is 36.5 Å². The summed E-state index contributed by atoms with van der Waals surface area (Å²) >= 11 is 0. The minimum atomic E-state index is -4.83. The molecule has 0 saturated carbocycles. The molecule has 2 aromatic carbocycles. The molecular formula is C21H16F4N6S. The molecule has 0 bridgehead atoms. The normalized spacial score (nSPS) is 12.2. The number of halogens is 4. The molecule has 32 heavy (non-hydrogen) atoms. The molecule has 2 aromatic heterocycles. The van der Waals surface area contributed by atoms with E-state index in [1.807, 2.05) is 0 Å². The van der Waals surface area contributed by atoms with Gasteiger partial charge >= 0.3 is 6.18 Å². The quantitative estimate of drug-likeness (QED) is 0.359. The molecule has 11 heteroatoms. The third-order valence-electron chi connectivity index (χ3n) is 4.49. The molecule has 0 amide bonds. The number of rotatable bonds is 4. The van der Waals surface area contributed by atoms with Gasteiger partial charge < -0.3 is 0 Å². The molecule has 0 spiro atoms. The Morgan fingerprint density at radius 1 is 0.969 bits per heavy atom. The van der Waals surface area contributed by atoms with Gasteiger partial charge in [0.2, 0.25) is 5.82 Å². The first kappa shape index (κ1) is 21.7. The molecule has 2 heterocycles. The summed E-state index contributed by atoms with van der Waals surface area (Å²) in [6.07, 6.45) is -2.43. The number of alkyl halides is 3. The van der Waals surface area contributed by atoms with E-state index in [0.717, 1.165) is 16.8 Å². The zero-order valence-corrected chi connectivity index (χ0v) is 17.2. The minimum Gasteiger partial charge on any atom is -0.285 e. The molecule has 0 fully saturated rings. The Labute approximate surface area is 181 Å². The SMILES string of the molecule is C=S(=C)(N)c1cccc(-c2c(-c3ccc(F)cc3)nc(C(F)(F)F)nc2-n2cncn2)c1. The van der Waals surface area contributed by atoms with E-state index in [-0.39, 0.29) is 22.6 Å². The van der Waals surface area contributed by atoms with Gasteiger partial charge in [-0.3, -0.25) is 5.14 Å². The summed E-state index contributed by atoms with van der Waals surface area (Å²) in [5.74, 6) is 5.72. The molecule has 4 rings (SSSR count). The van der Waals surface area contributed by atoms with Crippen LogP contribution in [0.1, 0.15) is 5.82 Å². The highest BCUT2D eigenvalue weighted by molar-refractivity contribution is 8.26. The van der Waals surface area contributed by atoms with Gasteiger partial charge in [0.05, 0.1) is 11.3 Å². The first-order chi connectivity index (χ1) is 15.0. The van der Waals surface area contributed by atoms with E-state index in [4.69, 9.17) is 5.14 Å². The fraction of sp³-hybridized carbons (Fsp3) is 0.0476. The maximum atomic E-state index is 13.7. The van der Waals surface area contributed by atoms with Crippen molar-refractivity contribution in [2.75, 3.05) is 0 Å². The predicted octanol–water partition coefficient (Wildman–Crippen LogP) is 4.45. The molecule has 0 radical (unpaired) electrons. The van der Waals surface area contributed by atoms with Crippen LogP contribution in [0, 0.1) is 5.82 Å². The van der Waals surface area contributed by atoms with Crippen LogP contribution in [0.15, 0.2) is 66.1 Å². The molecule has 0 saturated heterocycles. The number of benzene rings is 2. The standard InChI is InChI=1S/C21H16F4N6S/c1-32(2,26)16-5-3-4-14(10-16)17-18(13-6-8-15(22)9-7-13)29-20(21(23,24)25)30-19(17)31-12-27-11-28-31/h3-12H,1-2,26H2. The molecule has 6 nitrogen and oxygen atoms in total. The summed E-state index contributed by atoms with van der Waals surface area (Å²) < 4.78 is 55.6. The summed E-state index contributed by atoms with van der Waals surface area (Å²) in [5.41, 5.74) is 0.911. The van der Waals surface area contributed by atoms with Crippen molar-refractivity contribution in [3.63, 3.8) is 0 Å². The lowest BCUT2D eigenvalue weighted by atomic mass is 9.99. The first-order valence-electron chi connectivity index (χ1n) is 9.02. The van der Waals surface area contributed by atoms with Crippen LogP contribution in [0.5, 0.6) is 0 Å². The minimum absolute atomic E-state index is 0.0549. The van der Waals surface area contributed by atoms with Gasteiger partial charge in [0, 0.05) is 10.5 Å². The Morgan fingerprint density at radius 2 is 1.69 bits per heavy atom. The Bertz CT molecular complexity index is 1380. The lowest BCUT2D eigenvalue weighted by Gasteiger charge is -2.18. The topological polar surface area (TPSA) is 82.5 Å². The van der Waals surface area contributed by atoms with Crippen molar-refractivity contribution in [1.82, 2.24) is 24.7 Å². The van der Waals surface area contributed by atoms with Crippen LogP contribution in [-0.2, 0) is 6.18 Å². The number of hydrogen-bond donors (Lipinski definition) is 1. The average Bonchev–Trinajstić information content (AvgIpc) is 3.27. The molecule has 0 aliphatic carbocycles. The third kappa shape index (κ3) is 4.25. The van der Waals surface area contributed by atoms with E-state index in [1.54, 1.807) is 24.3 Å². The van der Waals surface area contributed by atoms with Crippen LogP contribution >= 0.6 is 9.39 Å². The van der Waals surface area contributed by atoms with Gasteiger partial charge in [0.1, 0.15) is 18.5 Å². The summed E-state index contributed by atoms with van der Waals surface area (Å²) in [6.45, 7) is 0. The molecule has 0 unspecified atom stereocenters. The first-order valence-corrected chi connectivity index (χ1v) is 11.1. The van der Waals surface area contributed by atoms with E-state index in [0.29, 0.717) is 10.5 Å². The van der Waals surface area contributed by atoms with Crippen molar-refractivity contribution in [3.05, 3.63) is 72.8 Å².